The number of benzene rings is 3. The second kappa shape index (κ2) is 9.31. The Morgan fingerprint density at radius 2 is 1.53 bits per heavy atom. The molecule has 3 aromatic carbocycles. The zero-order valence-corrected chi connectivity index (χ0v) is 19.2. The number of hydrogen-bond acceptors (Lipinski definition) is 4. The van der Waals surface area contributed by atoms with Crippen molar-refractivity contribution < 1.29 is 4.79 Å². The third-order valence-corrected chi connectivity index (χ3v) is 7.34. The summed E-state index contributed by atoms with van der Waals surface area (Å²) < 4.78 is 1.10. The SMILES string of the molecule is O=C(CC(c1ccccc1)c1ccccc1)N1CCN(c2nc3ccc(Cl)cc3s2)CC1. The summed E-state index contributed by atoms with van der Waals surface area (Å²) in [4.78, 5) is 22.3. The summed E-state index contributed by atoms with van der Waals surface area (Å²) in [5, 5.41) is 1.73. The first kappa shape index (κ1) is 21.0. The summed E-state index contributed by atoms with van der Waals surface area (Å²) in [6.07, 6.45) is 0.480. The highest BCUT2D eigenvalue weighted by molar-refractivity contribution is 7.22. The molecule has 0 atom stereocenters. The van der Waals surface area contributed by atoms with Crippen molar-refractivity contribution in [3.8, 4) is 0 Å². The number of rotatable bonds is 5. The number of amides is 1. The van der Waals surface area contributed by atoms with Crippen molar-refractivity contribution in [1.29, 1.82) is 0 Å². The summed E-state index contributed by atoms with van der Waals surface area (Å²) in [6, 6.07) is 26.5. The summed E-state index contributed by atoms with van der Waals surface area (Å²) in [5.74, 6) is 0.273. The molecule has 0 unspecified atom stereocenters. The fraction of sp³-hybridized carbons (Fsp3) is 0.231. The van der Waals surface area contributed by atoms with Crippen molar-refractivity contribution in [1.82, 2.24) is 9.88 Å². The Balaban J connectivity index is 1.27. The fourth-order valence-electron chi connectivity index (χ4n) is 4.27. The molecule has 32 heavy (non-hydrogen) atoms. The highest BCUT2D eigenvalue weighted by atomic mass is 35.5. The van der Waals surface area contributed by atoms with E-state index >= 15 is 0 Å². The van der Waals surface area contributed by atoms with Gasteiger partial charge >= 0.3 is 0 Å². The summed E-state index contributed by atoms with van der Waals surface area (Å²) in [5.41, 5.74) is 3.33. The molecular weight excluding hydrogens is 438 g/mol. The molecule has 2 heterocycles. The van der Waals surface area contributed by atoms with Gasteiger partial charge in [0.1, 0.15) is 0 Å². The third-order valence-electron chi connectivity index (χ3n) is 6.02. The molecule has 4 nitrogen and oxygen atoms in total. The first-order valence-electron chi connectivity index (χ1n) is 10.9. The van der Waals surface area contributed by atoms with Crippen LogP contribution in [-0.4, -0.2) is 42.0 Å². The van der Waals surface area contributed by atoms with Crippen LogP contribution in [-0.2, 0) is 4.79 Å². The molecule has 4 aromatic rings. The number of anilines is 1. The van der Waals surface area contributed by atoms with E-state index in [1.807, 2.05) is 59.5 Å². The lowest BCUT2D eigenvalue weighted by Gasteiger charge is -2.35. The number of nitrogens with zero attached hydrogens (tertiary/aromatic N) is 3. The number of halogens is 1. The highest BCUT2D eigenvalue weighted by Gasteiger charge is 2.26. The zero-order valence-electron chi connectivity index (χ0n) is 17.7. The van der Waals surface area contributed by atoms with E-state index < -0.39 is 0 Å². The molecule has 162 valence electrons. The van der Waals surface area contributed by atoms with Crippen LogP contribution < -0.4 is 4.90 Å². The van der Waals surface area contributed by atoms with E-state index in [0.29, 0.717) is 19.5 Å². The molecule has 1 saturated heterocycles. The maximum absolute atomic E-state index is 13.3. The molecule has 1 amide bonds. The van der Waals surface area contributed by atoms with Crippen LogP contribution >= 0.6 is 22.9 Å². The van der Waals surface area contributed by atoms with Gasteiger partial charge in [0.25, 0.3) is 0 Å². The highest BCUT2D eigenvalue weighted by Crippen LogP contribution is 2.32. The van der Waals surface area contributed by atoms with E-state index in [-0.39, 0.29) is 11.8 Å². The Hall–Kier alpha value is -2.89. The van der Waals surface area contributed by atoms with E-state index in [1.165, 1.54) is 11.1 Å². The molecule has 0 saturated carbocycles. The number of hydrogen-bond donors (Lipinski definition) is 0. The molecule has 0 radical (unpaired) electrons. The molecule has 0 spiro atoms. The van der Waals surface area contributed by atoms with E-state index in [0.717, 1.165) is 33.5 Å². The molecule has 6 heteroatoms. The van der Waals surface area contributed by atoms with Crippen molar-refractivity contribution >= 4 is 44.2 Å². The predicted molar refractivity (Wildman–Crippen MR) is 133 cm³/mol. The Morgan fingerprint density at radius 1 is 0.906 bits per heavy atom. The van der Waals surface area contributed by atoms with Gasteiger partial charge in [0.05, 0.1) is 10.2 Å². The lowest BCUT2D eigenvalue weighted by molar-refractivity contribution is -0.131. The molecule has 0 bridgehead atoms. The molecule has 1 aliphatic heterocycles. The van der Waals surface area contributed by atoms with Crippen molar-refractivity contribution in [2.45, 2.75) is 12.3 Å². The van der Waals surface area contributed by atoms with Crippen LogP contribution in [0.4, 0.5) is 5.13 Å². The number of piperazine rings is 1. The zero-order chi connectivity index (χ0) is 21.9. The van der Waals surface area contributed by atoms with Gasteiger partial charge in [-0.1, -0.05) is 83.6 Å². The molecule has 1 fully saturated rings. The minimum atomic E-state index is 0.0666. The average Bonchev–Trinajstić information content (AvgIpc) is 3.27. The number of aromatic nitrogens is 1. The van der Waals surface area contributed by atoms with E-state index in [4.69, 9.17) is 16.6 Å². The average molecular weight is 462 g/mol. The minimum absolute atomic E-state index is 0.0666. The van der Waals surface area contributed by atoms with Crippen molar-refractivity contribution in [2.75, 3.05) is 31.1 Å². The molecule has 5 rings (SSSR count). The second-order valence-electron chi connectivity index (χ2n) is 8.05. The number of carbonyl (C=O) groups is 1. The third kappa shape index (κ3) is 4.50. The molecule has 0 aliphatic carbocycles. The molecule has 1 aliphatic rings. The summed E-state index contributed by atoms with van der Waals surface area (Å²) in [6.45, 7) is 3.01. The first-order chi connectivity index (χ1) is 15.7. The van der Waals surface area contributed by atoms with Crippen molar-refractivity contribution in [3.63, 3.8) is 0 Å². The van der Waals surface area contributed by atoms with Crippen LogP contribution in [0.15, 0.2) is 78.9 Å². The van der Waals surface area contributed by atoms with Gasteiger partial charge in [-0.15, -0.1) is 0 Å². The number of fused-ring (bicyclic) bond motifs is 1. The first-order valence-corrected chi connectivity index (χ1v) is 12.1. The Morgan fingerprint density at radius 3 is 2.16 bits per heavy atom. The predicted octanol–water partition coefficient (Wildman–Crippen LogP) is 5.82. The Kier molecular flexibility index (Phi) is 6.10. The Labute approximate surface area is 197 Å². The van der Waals surface area contributed by atoms with Gasteiger partial charge in [-0.3, -0.25) is 4.79 Å². The largest absolute Gasteiger partial charge is 0.345 e. The van der Waals surface area contributed by atoms with E-state index in [2.05, 4.69) is 29.2 Å². The Bertz CT molecular complexity index is 1160. The van der Waals surface area contributed by atoms with Gasteiger partial charge in [-0.2, -0.15) is 0 Å². The summed E-state index contributed by atoms with van der Waals surface area (Å²) in [7, 11) is 0. The topological polar surface area (TPSA) is 36.4 Å². The maximum Gasteiger partial charge on any atom is 0.223 e. The van der Waals surface area contributed by atoms with Gasteiger partial charge in [0.2, 0.25) is 5.91 Å². The van der Waals surface area contributed by atoms with E-state index in [9.17, 15) is 4.79 Å². The second-order valence-corrected chi connectivity index (χ2v) is 9.50. The summed E-state index contributed by atoms with van der Waals surface area (Å²) >= 11 is 7.78. The van der Waals surface area contributed by atoms with Gasteiger partial charge in [-0.05, 0) is 29.3 Å². The standard InChI is InChI=1S/C26H24ClN3OS/c27-21-11-12-23-24(17-21)32-26(28-23)30-15-13-29(14-16-30)25(31)18-22(19-7-3-1-4-8-19)20-9-5-2-6-10-20/h1-12,17,22H,13-16,18H2. The fourth-order valence-corrected chi connectivity index (χ4v) is 5.56. The minimum Gasteiger partial charge on any atom is -0.345 e. The van der Waals surface area contributed by atoms with Gasteiger partial charge in [-0.25, -0.2) is 4.98 Å². The molecular formula is C26H24ClN3OS. The van der Waals surface area contributed by atoms with Crippen LogP contribution in [0.1, 0.15) is 23.5 Å². The van der Waals surface area contributed by atoms with Crippen LogP contribution in [0.2, 0.25) is 5.02 Å². The lowest BCUT2D eigenvalue weighted by Crippen LogP contribution is -2.49. The van der Waals surface area contributed by atoms with E-state index in [1.54, 1.807) is 11.3 Å². The van der Waals surface area contributed by atoms with Gasteiger partial charge in [0, 0.05) is 43.5 Å². The van der Waals surface area contributed by atoms with Crippen molar-refractivity contribution in [2.24, 2.45) is 0 Å². The van der Waals surface area contributed by atoms with Gasteiger partial charge in [0.15, 0.2) is 5.13 Å². The van der Waals surface area contributed by atoms with Gasteiger partial charge < -0.3 is 9.80 Å². The lowest BCUT2D eigenvalue weighted by atomic mass is 9.88. The van der Waals surface area contributed by atoms with Crippen LogP contribution in [0, 0.1) is 0 Å². The number of carbonyl (C=O) groups excluding carboxylic acids is 1. The van der Waals surface area contributed by atoms with Crippen LogP contribution in [0.3, 0.4) is 0 Å². The van der Waals surface area contributed by atoms with Crippen molar-refractivity contribution in [3.05, 3.63) is 95.0 Å². The normalized spacial score (nSPS) is 14.3. The monoisotopic (exact) mass is 461 g/mol. The molecule has 0 N–H and O–H groups in total. The quantitative estimate of drug-likeness (QED) is 0.375. The van der Waals surface area contributed by atoms with Crippen LogP contribution in [0.25, 0.3) is 10.2 Å². The number of thiazole rings is 1. The smallest absolute Gasteiger partial charge is 0.223 e. The maximum atomic E-state index is 13.3. The van der Waals surface area contributed by atoms with Crippen LogP contribution in [0.5, 0.6) is 0 Å². The molecule has 1 aromatic heterocycles.